The Hall–Kier alpha value is -1.16. The van der Waals surface area contributed by atoms with E-state index in [1.54, 1.807) is 6.92 Å². The van der Waals surface area contributed by atoms with E-state index in [2.05, 4.69) is 6.92 Å². The summed E-state index contributed by atoms with van der Waals surface area (Å²) in [7, 11) is 0. The van der Waals surface area contributed by atoms with Gasteiger partial charge in [0.1, 0.15) is 6.29 Å². The molecule has 1 aliphatic heterocycles. The van der Waals surface area contributed by atoms with Crippen LogP contribution in [-0.2, 0) is 19.1 Å². The molecule has 0 N–H and O–H groups in total. The fourth-order valence-electron chi connectivity index (χ4n) is 1.99. The third-order valence-electron chi connectivity index (χ3n) is 2.92. The molecule has 0 aromatic heterocycles. The van der Waals surface area contributed by atoms with E-state index in [9.17, 15) is 9.59 Å². The highest BCUT2D eigenvalue weighted by Gasteiger charge is 2.22. The second kappa shape index (κ2) is 7.22. The molecule has 0 aliphatic carbocycles. The van der Waals surface area contributed by atoms with E-state index in [0.717, 1.165) is 31.1 Å². The molecule has 1 atom stereocenters. The van der Waals surface area contributed by atoms with E-state index in [-0.39, 0.29) is 18.5 Å². The Labute approximate surface area is 102 Å². The molecule has 0 saturated carbocycles. The molecule has 96 valence electrons. The van der Waals surface area contributed by atoms with Gasteiger partial charge in [0, 0.05) is 12.0 Å². The van der Waals surface area contributed by atoms with Crippen LogP contribution in [0.4, 0.5) is 0 Å². The molecule has 0 radical (unpaired) electrons. The van der Waals surface area contributed by atoms with Crippen molar-refractivity contribution in [1.82, 2.24) is 0 Å². The van der Waals surface area contributed by atoms with Crippen LogP contribution in [0.1, 0.15) is 39.5 Å². The Balaban J connectivity index is 2.84. The van der Waals surface area contributed by atoms with Gasteiger partial charge in [-0.15, -0.1) is 0 Å². The van der Waals surface area contributed by atoms with Crippen LogP contribution >= 0.6 is 0 Å². The van der Waals surface area contributed by atoms with Crippen LogP contribution in [0, 0.1) is 0 Å². The summed E-state index contributed by atoms with van der Waals surface area (Å²) in [4.78, 5) is 22.4. The van der Waals surface area contributed by atoms with Gasteiger partial charge < -0.3 is 14.3 Å². The summed E-state index contributed by atoms with van der Waals surface area (Å²) in [5.74, 6) is -0.355. The van der Waals surface area contributed by atoms with Crippen LogP contribution in [0.2, 0.25) is 0 Å². The maximum atomic E-state index is 11.7. The second-order valence-corrected chi connectivity index (χ2v) is 4.03. The second-order valence-electron chi connectivity index (χ2n) is 4.03. The SMILES string of the molecule is CCOC(=O)/C(CC=O)=C1/CCOC(CC)C1. The highest BCUT2D eigenvalue weighted by Crippen LogP contribution is 2.26. The van der Waals surface area contributed by atoms with Crippen LogP contribution in [0.5, 0.6) is 0 Å². The smallest absolute Gasteiger partial charge is 0.334 e. The lowest BCUT2D eigenvalue weighted by molar-refractivity contribution is -0.139. The molecular formula is C13H20O4. The number of ether oxygens (including phenoxy) is 2. The minimum atomic E-state index is -0.355. The van der Waals surface area contributed by atoms with E-state index in [1.807, 2.05) is 0 Å². The van der Waals surface area contributed by atoms with E-state index < -0.39 is 0 Å². The predicted octanol–water partition coefficient (Wildman–Crippen LogP) is 2.02. The summed E-state index contributed by atoms with van der Waals surface area (Å²) >= 11 is 0. The molecule has 0 bridgehead atoms. The summed E-state index contributed by atoms with van der Waals surface area (Å²) in [6.45, 7) is 4.77. The number of esters is 1. The summed E-state index contributed by atoms with van der Waals surface area (Å²) in [5, 5.41) is 0. The number of rotatable bonds is 5. The number of hydrogen-bond donors (Lipinski definition) is 0. The van der Waals surface area contributed by atoms with Gasteiger partial charge >= 0.3 is 5.97 Å². The third kappa shape index (κ3) is 3.97. The minimum absolute atomic E-state index is 0.143. The number of carbonyl (C=O) groups excluding carboxylic acids is 2. The van der Waals surface area contributed by atoms with Crippen molar-refractivity contribution in [3.8, 4) is 0 Å². The zero-order valence-electron chi connectivity index (χ0n) is 10.5. The van der Waals surface area contributed by atoms with Crippen LogP contribution in [-0.4, -0.2) is 31.6 Å². The van der Waals surface area contributed by atoms with Gasteiger partial charge in [-0.25, -0.2) is 4.79 Å². The lowest BCUT2D eigenvalue weighted by Crippen LogP contribution is -2.23. The molecule has 0 amide bonds. The lowest BCUT2D eigenvalue weighted by atomic mass is 9.94. The Morgan fingerprint density at radius 1 is 1.53 bits per heavy atom. The normalized spacial score (nSPS) is 23.1. The fraction of sp³-hybridized carbons (Fsp3) is 0.692. The van der Waals surface area contributed by atoms with Crippen molar-refractivity contribution < 1.29 is 19.1 Å². The molecule has 1 saturated heterocycles. The van der Waals surface area contributed by atoms with Crippen LogP contribution in [0.3, 0.4) is 0 Å². The van der Waals surface area contributed by atoms with E-state index in [1.165, 1.54) is 0 Å². The predicted molar refractivity (Wildman–Crippen MR) is 63.6 cm³/mol. The minimum Gasteiger partial charge on any atom is -0.463 e. The topological polar surface area (TPSA) is 52.6 Å². The van der Waals surface area contributed by atoms with Crippen molar-refractivity contribution in [2.45, 2.75) is 45.6 Å². The molecule has 1 unspecified atom stereocenters. The standard InChI is InChI=1S/C13H20O4/c1-3-11-9-10(6-8-17-11)12(5-7-14)13(15)16-4-2/h7,11H,3-6,8-9H2,1-2H3/b12-10-. The molecule has 17 heavy (non-hydrogen) atoms. The average molecular weight is 240 g/mol. The van der Waals surface area contributed by atoms with Gasteiger partial charge in [0.15, 0.2) is 0 Å². The Morgan fingerprint density at radius 3 is 2.88 bits per heavy atom. The number of aldehydes is 1. The van der Waals surface area contributed by atoms with Crippen molar-refractivity contribution in [3.63, 3.8) is 0 Å². The molecule has 4 nitrogen and oxygen atoms in total. The first-order valence-corrected chi connectivity index (χ1v) is 6.16. The van der Waals surface area contributed by atoms with Crippen LogP contribution < -0.4 is 0 Å². The zero-order valence-corrected chi connectivity index (χ0v) is 10.5. The first-order valence-electron chi connectivity index (χ1n) is 6.16. The first kappa shape index (κ1) is 13.9. The summed E-state index contributed by atoms with van der Waals surface area (Å²) in [6.07, 6.45) is 3.44. The Kier molecular flexibility index (Phi) is 5.91. The van der Waals surface area contributed by atoms with Crippen molar-refractivity contribution in [2.24, 2.45) is 0 Å². The molecule has 1 aliphatic rings. The van der Waals surface area contributed by atoms with Gasteiger partial charge in [-0.3, -0.25) is 0 Å². The Morgan fingerprint density at radius 2 is 2.29 bits per heavy atom. The maximum absolute atomic E-state index is 11.7. The summed E-state index contributed by atoms with van der Waals surface area (Å²) in [5.41, 5.74) is 1.55. The molecule has 0 aromatic carbocycles. The molecule has 1 fully saturated rings. The summed E-state index contributed by atoms with van der Waals surface area (Å²) in [6, 6.07) is 0. The zero-order chi connectivity index (χ0) is 12.7. The van der Waals surface area contributed by atoms with Gasteiger partial charge in [0.25, 0.3) is 0 Å². The Bertz CT molecular complexity index is 307. The molecule has 4 heteroatoms. The van der Waals surface area contributed by atoms with Gasteiger partial charge in [0.05, 0.1) is 19.3 Å². The van der Waals surface area contributed by atoms with Crippen molar-refractivity contribution in [1.29, 1.82) is 0 Å². The van der Waals surface area contributed by atoms with Gasteiger partial charge in [-0.2, -0.15) is 0 Å². The van der Waals surface area contributed by atoms with Gasteiger partial charge in [-0.05, 0) is 26.2 Å². The average Bonchev–Trinajstić information content (AvgIpc) is 2.36. The fourth-order valence-corrected chi connectivity index (χ4v) is 1.99. The monoisotopic (exact) mass is 240 g/mol. The first-order chi connectivity index (χ1) is 8.22. The van der Waals surface area contributed by atoms with E-state index in [0.29, 0.717) is 18.8 Å². The quantitative estimate of drug-likeness (QED) is 0.419. The number of carbonyl (C=O) groups is 2. The molecular weight excluding hydrogens is 220 g/mol. The van der Waals surface area contributed by atoms with Crippen LogP contribution in [0.15, 0.2) is 11.1 Å². The number of hydrogen-bond acceptors (Lipinski definition) is 4. The van der Waals surface area contributed by atoms with Crippen molar-refractivity contribution in [3.05, 3.63) is 11.1 Å². The highest BCUT2D eigenvalue weighted by molar-refractivity contribution is 5.92. The highest BCUT2D eigenvalue weighted by atomic mass is 16.5. The van der Waals surface area contributed by atoms with Crippen LogP contribution in [0.25, 0.3) is 0 Å². The maximum Gasteiger partial charge on any atom is 0.334 e. The van der Waals surface area contributed by atoms with E-state index in [4.69, 9.17) is 9.47 Å². The van der Waals surface area contributed by atoms with Gasteiger partial charge in [-0.1, -0.05) is 12.5 Å². The third-order valence-corrected chi connectivity index (χ3v) is 2.92. The largest absolute Gasteiger partial charge is 0.463 e. The van der Waals surface area contributed by atoms with Crippen molar-refractivity contribution in [2.75, 3.05) is 13.2 Å². The van der Waals surface area contributed by atoms with Gasteiger partial charge in [0.2, 0.25) is 0 Å². The summed E-state index contributed by atoms with van der Waals surface area (Å²) < 4.78 is 10.5. The van der Waals surface area contributed by atoms with E-state index >= 15 is 0 Å². The lowest BCUT2D eigenvalue weighted by Gasteiger charge is -2.25. The molecule has 1 heterocycles. The van der Waals surface area contributed by atoms with Crippen molar-refractivity contribution >= 4 is 12.3 Å². The molecule has 0 spiro atoms. The molecule has 1 rings (SSSR count). The molecule has 0 aromatic rings.